The fraction of sp³-hybridized carbons (Fsp3) is 0.208. The Balaban J connectivity index is 1.56. The highest BCUT2D eigenvalue weighted by molar-refractivity contribution is 6.06. The van der Waals surface area contributed by atoms with E-state index in [2.05, 4.69) is 0 Å². The van der Waals surface area contributed by atoms with Crippen molar-refractivity contribution in [2.24, 2.45) is 0 Å². The van der Waals surface area contributed by atoms with E-state index in [1.54, 1.807) is 41.3 Å². The number of anilines is 1. The molecule has 154 valence electrons. The van der Waals surface area contributed by atoms with Crippen LogP contribution in [-0.4, -0.2) is 22.2 Å². The third-order valence-electron chi connectivity index (χ3n) is 5.57. The van der Waals surface area contributed by atoms with Crippen molar-refractivity contribution in [1.82, 2.24) is 0 Å². The number of amides is 1. The highest BCUT2D eigenvalue weighted by atomic mass is 19.1. The summed E-state index contributed by atoms with van der Waals surface area (Å²) >= 11 is 0. The molecule has 0 unspecified atom stereocenters. The first-order chi connectivity index (χ1) is 14.4. The van der Waals surface area contributed by atoms with Crippen LogP contribution in [0.1, 0.15) is 36.0 Å². The van der Waals surface area contributed by atoms with Gasteiger partial charge in [-0.05, 0) is 72.5 Å². The Morgan fingerprint density at radius 3 is 2.03 bits per heavy atom. The number of hydrogen-bond donors (Lipinski definition) is 2. The molecule has 0 spiro atoms. The molecule has 3 atom stereocenters. The molecule has 1 saturated heterocycles. The summed E-state index contributed by atoms with van der Waals surface area (Å²) in [5.74, 6) is -1.18. The van der Waals surface area contributed by atoms with Crippen LogP contribution in [0.5, 0.6) is 5.75 Å². The van der Waals surface area contributed by atoms with Crippen LogP contribution in [0.2, 0.25) is 0 Å². The third-order valence-corrected chi connectivity index (χ3v) is 5.57. The van der Waals surface area contributed by atoms with Crippen LogP contribution in [0, 0.1) is 11.6 Å². The van der Waals surface area contributed by atoms with E-state index in [1.807, 2.05) is 0 Å². The minimum absolute atomic E-state index is 0.115. The van der Waals surface area contributed by atoms with E-state index in [1.165, 1.54) is 36.4 Å². The van der Waals surface area contributed by atoms with Gasteiger partial charge in [0.1, 0.15) is 17.4 Å². The van der Waals surface area contributed by atoms with Crippen molar-refractivity contribution in [3.8, 4) is 5.75 Å². The average molecular weight is 409 g/mol. The smallest absolute Gasteiger partial charge is 0.236 e. The first-order valence-corrected chi connectivity index (χ1v) is 9.75. The number of aliphatic hydroxyl groups is 1. The van der Waals surface area contributed by atoms with Crippen LogP contribution in [0.4, 0.5) is 14.5 Å². The molecule has 0 aliphatic carbocycles. The third kappa shape index (κ3) is 3.91. The Kier molecular flexibility index (Phi) is 5.50. The SMILES string of the molecule is O=C1[C@H](c2ccc(O)cc2)[C@H](CC[C@H](O)c2ccc(F)cc2)N1c1ccc(F)cc1. The van der Waals surface area contributed by atoms with Crippen molar-refractivity contribution in [2.45, 2.75) is 30.9 Å². The summed E-state index contributed by atoms with van der Waals surface area (Å²) < 4.78 is 26.5. The quantitative estimate of drug-likeness (QED) is 0.581. The van der Waals surface area contributed by atoms with Gasteiger partial charge in [0.15, 0.2) is 0 Å². The van der Waals surface area contributed by atoms with Gasteiger partial charge in [0.25, 0.3) is 0 Å². The summed E-state index contributed by atoms with van der Waals surface area (Å²) in [4.78, 5) is 14.6. The van der Waals surface area contributed by atoms with E-state index in [4.69, 9.17) is 0 Å². The molecule has 1 amide bonds. The maximum atomic E-state index is 13.3. The predicted octanol–water partition coefficient (Wildman–Crippen LogP) is 4.68. The topological polar surface area (TPSA) is 60.8 Å². The van der Waals surface area contributed by atoms with Crippen molar-refractivity contribution < 1.29 is 23.8 Å². The summed E-state index contributed by atoms with van der Waals surface area (Å²) in [5, 5.41) is 20.1. The molecule has 6 heteroatoms. The minimum Gasteiger partial charge on any atom is -0.508 e. The van der Waals surface area contributed by atoms with E-state index >= 15 is 0 Å². The summed E-state index contributed by atoms with van der Waals surface area (Å²) in [6.45, 7) is 0. The Morgan fingerprint density at radius 1 is 0.867 bits per heavy atom. The van der Waals surface area contributed by atoms with E-state index < -0.39 is 12.0 Å². The zero-order valence-electron chi connectivity index (χ0n) is 16.1. The fourth-order valence-electron chi connectivity index (χ4n) is 3.99. The van der Waals surface area contributed by atoms with Gasteiger partial charge < -0.3 is 15.1 Å². The van der Waals surface area contributed by atoms with Gasteiger partial charge in [-0.2, -0.15) is 0 Å². The number of phenols is 1. The molecule has 3 aromatic rings. The predicted molar refractivity (Wildman–Crippen MR) is 109 cm³/mol. The first-order valence-electron chi connectivity index (χ1n) is 9.75. The number of aliphatic hydroxyl groups excluding tert-OH is 1. The zero-order valence-corrected chi connectivity index (χ0v) is 16.1. The lowest BCUT2D eigenvalue weighted by atomic mass is 9.78. The Hall–Kier alpha value is -3.25. The molecular formula is C24H21F2NO3. The van der Waals surface area contributed by atoms with Crippen molar-refractivity contribution in [3.63, 3.8) is 0 Å². The van der Waals surface area contributed by atoms with E-state index in [-0.39, 0.29) is 29.3 Å². The van der Waals surface area contributed by atoms with Crippen molar-refractivity contribution in [1.29, 1.82) is 0 Å². The number of hydrogen-bond acceptors (Lipinski definition) is 3. The number of carbonyl (C=O) groups is 1. The Labute approximate surface area is 173 Å². The van der Waals surface area contributed by atoms with Gasteiger partial charge in [0.05, 0.1) is 18.1 Å². The molecule has 1 heterocycles. The number of nitrogens with zero attached hydrogens (tertiary/aromatic N) is 1. The van der Waals surface area contributed by atoms with Gasteiger partial charge in [-0.1, -0.05) is 24.3 Å². The van der Waals surface area contributed by atoms with Gasteiger partial charge in [-0.3, -0.25) is 4.79 Å². The van der Waals surface area contributed by atoms with E-state index in [0.29, 0.717) is 24.1 Å². The summed E-state index contributed by atoms with van der Waals surface area (Å²) in [5.41, 5.74) is 1.98. The molecule has 0 saturated carbocycles. The molecule has 3 aromatic carbocycles. The van der Waals surface area contributed by atoms with Crippen LogP contribution >= 0.6 is 0 Å². The fourth-order valence-corrected chi connectivity index (χ4v) is 3.99. The number of phenolic OH excluding ortho intramolecular Hbond substituents is 1. The number of benzene rings is 3. The van der Waals surface area contributed by atoms with Crippen LogP contribution in [-0.2, 0) is 4.79 Å². The Morgan fingerprint density at radius 2 is 1.43 bits per heavy atom. The van der Waals surface area contributed by atoms with Crippen LogP contribution < -0.4 is 4.90 Å². The lowest BCUT2D eigenvalue weighted by molar-refractivity contribution is -0.126. The van der Waals surface area contributed by atoms with Gasteiger partial charge in [0.2, 0.25) is 5.91 Å². The van der Waals surface area contributed by atoms with Crippen molar-refractivity contribution in [3.05, 3.63) is 95.6 Å². The highest BCUT2D eigenvalue weighted by Gasteiger charge is 2.48. The molecule has 0 bridgehead atoms. The van der Waals surface area contributed by atoms with Gasteiger partial charge >= 0.3 is 0 Å². The van der Waals surface area contributed by atoms with E-state index in [0.717, 1.165) is 5.56 Å². The summed E-state index contributed by atoms with van der Waals surface area (Å²) in [6, 6.07) is 17.7. The maximum Gasteiger partial charge on any atom is 0.236 e. The lowest BCUT2D eigenvalue weighted by Gasteiger charge is -2.48. The standard InChI is InChI=1S/C24H21F2NO3/c25-17-5-1-15(2-6-17)22(29)14-13-21-23(16-3-11-20(28)12-4-16)24(30)27(21)19-9-7-18(26)8-10-19/h1-12,21-23,28-29H,13-14H2/t21-,22-,23+/m0/s1. The summed E-state index contributed by atoms with van der Waals surface area (Å²) in [6.07, 6.45) is 0.0696. The molecule has 4 nitrogen and oxygen atoms in total. The van der Waals surface area contributed by atoms with Crippen LogP contribution in [0.15, 0.2) is 72.8 Å². The molecule has 1 aliphatic heterocycles. The Bertz CT molecular complexity index is 964. The largest absolute Gasteiger partial charge is 0.508 e. The molecular weight excluding hydrogens is 388 g/mol. The molecule has 1 aliphatic rings. The number of carbonyl (C=O) groups excluding carboxylic acids is 1. The highest BCUT2D eigenvalue weighted by Crippen LogP contribution is 2.42. The molecule has 1 fully saturated rings. The van der Waals surface area contributed by atoms with E-state index in [9.17, 15) is 23.8 Å². The number of halogens is 2. The van der Waals surface area contributed by atoms with Crippen molar-refractivity contribution in [2.75, 3.05) is 4.90 Å². The van der Waals surface area contributed by atoms with Crippen LogP contribution in [0.25, 0.3) is 0 Å². The van der Waals surface area contributed by atoms with Gasteiger partial charge in [-0.25, -0.2) is 8.78 Å². The average Bonchev–Trinajstić information content (AvgIpc) is 2.74. The summed E-state index contributed by atoms with van der Waals surface area (Å²) in [7, 11) is 0. The molecule has 0 radical (unpaired) electrons. The van der Waals surface area contributed by atoms with Gasteiger partial charge in [-0.15, -0.1) is 0 Å². The number of β-lactam (4-membered cyclic amide) rings is 1. The number of aromatic hydroxyl groups is 1. The normalized spacial score (nSPS) is 19.4. The first kappa shape index (κ1) is 20.0. The molecule has 4 rings (SSSR count). The zero-order chi connectivity index (χ0) is 21.3. The number of rotatable bonds is 6. The molecule has 30 heavy (non-hydrogen) atoms. The van der Waals surface area contributed by atoms with Gasteiger partial charge in [0, 0.05) is 5.69 Å². The lowest BCUT2D eigenvalue weighted by Crippen LogP contribution is -2.59. The maximum absolute atomic E-state index is 13.3. The van der Waals surface area contributed by atoms with Crippen molar-refractivity contribution >= 4 is 11.6 Å². The second-order valence-electron chi connectivity index (χ2n) is 7.47. The monoisotopic (exact) mass is 409 g/mol. The second kappa shape index (κ2) is 8.24. The second-order valence-corrected chi connectivity index (χ2v) is 7.47. The minimum atomic E-state index is -0.795. The molecule has 2 N–H and O–H groups in total. The van der Waals surface area contributed by atoms with Crippen LogP contribution in [0.3, 0.4) is 0 Å². The molecule has 0 aromatic heterocycles.